The van der Waals surface area contributed by atoms with Crippen molar-refractivity contribution in [1.82, 2.24) is 9.97 Å². The van der Waals surface area contributed by atoms with Crippen molar-refractivity contribution in [3.63, 3.8) is 0 Å². The fourth-order valence-corrected chi connectivity index (χ4v) is 3.69. The van der Waals surface area contributed by atoms with Crippen LogP contribution >= 0.6 is 0 Å². The predicted octanol–water partition coefficient (Wildman–Crippen LogP) is 4.71. The lowest BCUT2D eigenvalue weighted by atomic mass is 10.00. The lowest BCUT2D eigenvalue weighted by Crippen LogP contribution is -2.31. The molecule has 0 spiro atoms. The standard InChI is InChI=1S/C23H27N5/c1-2-3-6-17-9-11-20(12-10-17)27-22-21(24)23(26-16-25-22)28-14-13-18-7-4-5-8-19(18)15-28/h4-5,7-12,16H,2-3,6,13-15,24H2,1H3,(H,25,26,27). The van der Waals surface area contributed by atoms with Gasteiger partial charge >= 0.3 is 0 Å². The Bertz CT molecular complexity index is 936. The van der Waals surface area contributed by atoms with Gasteiger partial charge in [0.1, 0.15) is 12.0 Å². The van der Waals surface area contributed by atoms with Crippen LogP contribution in [0.2, 0.25) is 0 Å². The second kappa shape index (κ2) is 8.30. The van der Waals surface area contributed by atoms with Gasteiger partial charge in [0.05, 0.1) is 0 Å². The molecule has 144 valence electrons. The zero-order valence-corrected chi connectivity index (χ0v) is 16.4. The third-order valence-corrected chi connectivity index (χ3v) is 5.33. The molecule has 28 heavy (non-hydrogen) atoms. The van der Waals surface area contributed by atoms with Crippen LogP contribution in [0.1, 0.15) is 36.5 Å². The van der Waals surface area contributed by atoms with Crippen molar-refractivity contribution in [1.29, 1.82) is 0 Å². The van der Waals surface area contributed by atoms with Crippen molar-refractivity contribution >= 4 is 23.0 Å². The highest BCUT2D eigenvalue weighted by molar-refractivity contribution is 5.78. The number of anilines is 4. The first-order chi connectivity index (χ1) is 13.7. The van der Waals surface area contributed by atoms with Crippen molar-refractivity contribution in [2.45, 2.75) is 39.2 Å². The first kappa shape index (κ1) is 18.3. The van der Waals surface area contributed by atoms with Crippen molar-refractivity contribution in [2.24, 2.45) is 0 Å². The molecular formula is C23H27N5. The van der Waals surface area contributed by atoms with E-state index in [1.54, 1.807) is 6.33 Å². The van der Waals surface area contributed by atoms with Crippen LogP contribution in [0.25, 0.3) is 0 Å². The molecule has 1 aliphatic heterocycles. The molecular weight excluding hydrogens is 346 g/mol. The smallest absolute Gasteiger partial charge is 0.159 e. The Hall–Kier alpha value is -3.08. The first-order valence-corrected chi connectivity index (χ1v) is 10.0. The van der Waals surface area contributed by atoms with Gasteiger partial charge in [-0.15, -0.1) is 0 Å². The van der Waals surface area contributed by atoms with E-state index in [-0.39, 0.29) is 0 Å². The highest BCUT2D eigenvalue weighted by Gasteiger charge is 2.20. The topological polar surface area (TPSA) is 67.1 Å². The molecule has 0 unspecified atom stereocenters. The summed E-state index contributed by atoms with van der Waals surface area (Å²) >= 11 is 0. The number of benzene rings is 2. The molecule has 0 aliphatic carbocycles. The average molecular weight is 374 g/mol. The molecule has 0 radical (unpaired) electrons. The molecule has 3 aromatic rings. The normalized spacial score (nSPS) is 13.2. The molecule has 2 aromatic carbocycles. The number of nitrogens with two attached hydrogens (primary N) is 1. The minimum atomic E-state index is 0.594. The molecule has 1 aromatic heterocycles. The van der Waals surface area contributed by atoms with Crippen LogP contribution in [-0.2, 0) is 19.4 Å². The third kappa shape index (κ3) is 3.93. The fraction of sp³-hybridized carbons (Fsp3) is 0.304. The van der Waals surface area contributed by atoms with Gasteiger partial charge in [-0.2, -0.15) is 0 Å². The molecule has 5 heteroatoms. The van der Waals surface area contributed by atoms with Gasteiger partial charge in [-0.05, 0) is 48.1 Å². The number of nitrogen functional groups attached to an aromatic ring is 1. The van der Waals surface area contributed by atoms with Crippen molar-refractivity contribution in [2.75, 3.05) is 22.5 Å². The van der Waals surface area contributed by atoms with Crippen molar-refractivity contribution < 1.29 is 0 Å². The maximum absolute atomic E-state index is 6.45. The molecule has 0 saturated carbocycles. The number of aryl methyl sites for hydroxylation is 1. The second-order valence-corrected chi connectivity index (χ2v) is 7.33. The zero-order valence-electron chi connectivity index (χ0n) is 16.4. The highest BCUT2D eigenvalue weighted by atomic mass is 15.2. The van der Waals surface area contributed by atoms with Crippen molar-refractivity contribution in [3.05, 3.63) is 71.5 Å². The molecule has 0 atom stereocenters. The van der Waals surface area contributed by atoms with E-state index in [9.17, 15) is 0 Å². The molecule has 0 amide bonds. The van der Waals surface area contributed by atoms with Crippen LogP contribution < -0.4 is 16.0 Å². The second-order valence-electron chi connectivity index (χ2n) is 7.33. The number of hydrogen-bond donors (Lipinski definition) is 2. The minimum Gasteiger partial charge on any atom is -0.393 e. The molecule has 4 rings (SSSR count). The fourth-order valence-electron chi connectivity index (χ4n) is 3.69. The molecule has 5 nitrogen and oxygen atoms in total. The monoisotopic (exact) mass is 373 g/mol. The zero-order chi connectivity index (χ0) is 19.3. The lowest BCUT2D eigenvalue weighted by Gasteiger charge is -2.30. The van der Waals surface area contributed by atoms with Crippen LogP contribution in [-0.4, -0.2) is 16.5 Å². The number of nitrogens with one attached hydrogen (secondary N) is 1. The molecule has 0 fully saturated rings. The largest absolute Gasteiger partial charge is 0.393 e. The number of fused-ring (bicyclic) bond motifs is 1. The highest BCUT2D eigenvalue weighted by Crippen LogP contribution is 2.31. The average Bonchev–Trinajstić information content (AvgIpc) is 2.74. The number of hydrogen-bond acceptors (Lipinski definition) is 5. The van der Waals surface area contributed by atoms with Crippen molar-refractivity contribution in [3.8, 4) is 0 Å². The van der Waals surface area contributed by atoms with E-state index in [0.717, 1.165) is 37.4 Å². The van der Waals surface area contributed by atoms with Crippen LogP contribution in [0.5, 0.6) is 0 Å². The molecule has 0 bridgehead atoms. The van der Waals surface area contributed by atoms with Crippen LogP contribution in [0.3, 0.4) is 0 Å². The molecule has 0 saturated heterocycles. The molecule has 1 aliphatic rings. The Balaban J connectivity index is 1.51. The van der Waals surface area contributed by atoms with Gasteiger partial charge in [-0.3, -0.25) is 0 Å². The maximum Gasteiger partial charge on any atom is 0.159 e. The Kier molecular flexibility index (Phi) is 5.42. The summed E-state index contributed by atoms with van der Waals surface area (Å²) < 4.78 is 0. The van der Waals surface area contributed by atoms with E-state index >= 15 is 0 Å². The summed E-state index contributed by atoms with van der Waals surface area (Å²) in [6.45, 7) is 3.94. The Labute approximate surface area is 166 Å². The quantitative estimate of drug-likeness (QED) is 0.655. The summed E-state index contributed by atoms with van der Waals surface area (Å²) in [7, 11) is 0. The Morgan fingerprint density at radius 2 is 1.82 bits per heavy atom. The van der Waals surface area contributed by atoms with Crippen LogP contribution in [0.15, 0.2) is 54.9 Å². The van der Waals surface area contributed by atoms with Gasteiger partial charge in [0, 0.05) is 18.8 Å². The Morgan fingerprint density at radius 3 is 2.61 bits per heavy atom. The number of nitrogens with zero attached hydrogens (tertiary/aromatic N) is 3. The SMILES string of the molecule is CCCCc1ccc(Nc2ncnc(N3CCc4ccccc4C3)c2N)cc1. The maximum atomic E-state index is 6.45. The number of aromatic nitrogens is 2. The van der Waals surface area contributed by atoms with E-state index < -0.39 is 0 Å². The lowest BCUT2D eigenvalue weighted by molar-refractivity contribution is 0.721. The van der Waals surface area contributed by atoms with Gasteiger partial charge in [-0.25, -0.2) is 9.97 Å². The summed E-state index contributed by atoms with van der Waals surface area (Å²) in [6.07, 6.45) is 6.13. The predicted molar refractivity (Wildman–Crippen MR) is 116 cm³/mol. The van der Waals surface area contributed by atoms with Gasteiger partial charge in [0.2, 0.25) is 0 Å². The summed E-state index contributed by atoms with van der Waals surface area (Å²) in [5, 5.41) is 3.35. The summed E-state index contributed by atoms with van der Waals surface area (Å²) in [6, 6.07) is 17.1. The number of unbranched alkanes of at least 4 members (excludes halogenated alkanes) is 1. The van der Waals surface area contributed by atoms with Gasteiger partial charge in [0.25, 0.3) is 0 Å². The van der Waals surface area contributed by atoms with Gasteiger partial charge in [-0.1, -0.05) is 49.7 Å². The third-order valence-electron chi connectivity index (χ3n) is 5.33. The molecule has 3 N–H and O–H groups in total. The summed E-state index contributed by atoms with van der Waals surface area (Å²) in [4.78, 5) is 11.1. The van der Waals surface area contributed by atoms with Gasteiger partial charge in [0.15, 0.2) is 11.6 Å². The van der Waals surface area contributed by atoms with E-state index in [2.05, 4.69) is 75.6 Å². The van der Waals surface area contributed by atoms with E-state index in [1.165, 1.54) is 29.5 Å². The summed E-state index contributed by atoms with van der Waals surface area (Å²) in [5.74, 6) is 1.46. The van der Waals surface area contributed by atoms with E-state index in [4.69, 9.17) is 5.73 Å². The minimum absolute atomic E-state index is 0.594. The summed E-state index contributed by atoms with van der Waals surface area (Å²) in [5.41, 5.74) is 12.1. The number of rotatable bonds is 6. The first-order valence-electron chi connectivity index (χ1n) is 10.0. The van der Waals surface area contributed by atoms with Gasteiger partial charge < -0.3 is 16.0 Å². The Morgan fingerprint density at radius 1 is 1.04 bits per heavy atom. The van der Waals surface area contributed by atoms with E-state index in [1.807, 2.05) is 0 Å². The van der Waals surface area contributed by atoms with E-state index in [0.29, 0.717) is 11.5 Å². The van der Waals surface area contributed by atoms with Crippen LogP contribution in [0, 0.1) is 0 Å². The molecule has 2 heterocycles. The van der Waals surface area contributed by atoms with Crippen LogP contribution in [0.4, 0.5) is 23.0 Å².